The Labute approximate surface area is 202 Å². The molecule has 0 spiro atoms. The molecule has 0 fully saturated rings. The summed E-state index contributed by atoms with van der Waals surface area (Å²) < 4.78 is 51.3. The average Bonchev–Trinajstić information content (AvgIpc) is 3.22. The second-order valence-corrected chi connectivity index (χ2v) is 11.1. The Bertz CT molecular complexity index is 1240. The molecule has 0 aliphatic heterocycles. The molecule has 0 bridgehead atoms. The van der Waals surface area contributed by atoms with E-state index in [9.17, 15) is 21.6 Å². The summed E-state index contributed by atoms with van der Waals surface area (Å²) in [7, 11) is -7.33. The number of hydrogen-bond acceptors (Lipinski definition) is 6. The maximum Gasteiger partial charge on any atom is 1.00 e. The van der Waals surface area contributed by atoms with Crippen molar-refractivity contribution in [2.24, 2.45) is 0 Å². The summed E-state index contributed by atoms with van der Waals surface area (Å²) in [4.78, 5) is 12.3. The standard InChI is InChI=1S/C20H19NO5S3.Na/c1-28(23,24)17-8-4-7-16(14-17)18-9-3-2-6-15(18)11-12-19(22)21-29(25,26)20-10-5-13-27-20;/h2-10,13-14H,11-12H2,1H3,(H,21,22);/q;+1/p-1. The van der Waals surface area contributed by atoms with Gasteiger partial charge in [-0.2, -0.15) is 0 Å². The predicted octanol–water partition coefficient (Wildman–Crippen LogP) is 1.04. The molecule has 0 atom stereocenters. The van der Waals surface area contributed by atoms with Crippen LogP contribution in [0.2, 0.25) is 0 Å². The zero-order chi connectivity index (χ0) is 21.1. The number of rotatable bonds is 7. The van der Waals surface area contributed by atoms with E-state index in [1.807, 2.05) is 24.3 Å². The van der Waals surface area contributed by atoms with Crippen LogP contribution in [0.3, 0.4) is 0 Å². The second kappa shape index (κ2) is 10.2. The number of sulfonamides is 1. The molecule has 10 heteroatoms. The first-order chi connectivity index (χ1) is 13.7. The second-order valence-electron chi connectivity index (χ2n) is 6.35. The van der Waals surface area contributed by atoms with Crippen molar-refractivity contribution in [2.75, 3.05) is 6.26 Å². The maximum absolute atomic E-state index is 12.1. The van der Waals surface area contributed by atoms with E-state index in [-0.39, 0.29) is 51.5 Å². The summed E-state index contributed by atoms with van der Waals surface area (Å²) in [5, 5.41) is 1.60. The fourth-order valence-corrected chi connectivity index (χ4v) is 5.37. The molecule has 0 aliphatic rings. The Balaban J connectivity index is 0.00000320. The minimum Gasteiger partial charge on any atom is -0.541 e. The quantitative estimate of drug-likeness (QED) is 0.480. The summed E-state index contributed by atoms with van der Waals surface area (Å²) in [5.41, 5.74) is 2.29. The normalized spacial score (nSPS) is 11.5. The molecule has 3 rings (SSSR count). The molecule has 1 heterocycles. The van der Waals surface area contributed by atoms with Gasteiger partial charge in [-0.1, -0.05) is 42.5 Å². The first kappa shape index (κ1) is 24.8. The van der Waals surface area contributed by atoms with Crippen molar-refractivity contribution in [3.63, 3.8) is 0 Å². The van der Waals surface area contributed by atoms with Gasteiger partial charge in [0.1, 0.15) is 14.2 Å². The number of carbonyl (C=O) groups is 1. The van der Waals surface area contributed by atoms with E-state index >= 15 is 0 Å². The number of thiophene rings is 1. The number of carbonyl (C=O) groups excluding carboxylic acids is 1. The molecule has 30 heavy (non-hydrogen) atoms. The minimum absolute atomic E-state index is 0. The molecule has 0 saturated heterocycles. The molecule has 1 aromatic heterocycles. The van der Waals surface area contributed by atoms with Gasteiger partial charge < -0.3 is 9.52 Å². The van der Waals surface area contributed by atoms with Crippen LogP contribution < -0.4 is 29.6 Å². The van der Waals surface area contributed by atoms with Crippen LogP contribution in [0.1, 0.15) is 12.0 Å². The fraction of sp³-hybridized carbons (Fsp3) is 0.150. The first-order valence-corrected chi connectivity index (χ1v) is 12.8. The molecule has 2 aromatic carbocycles. The van der Waals surface area contributed by atoms with Crippen LogP contribution in [0.25, 0.3) is 15.8 Å². The van der Waals surface area contributed by atoms with E-state index in [1.165, 1.54) is 12.1 Å². The summed E-state index contributed by atoms with van der Waals surface area (Å²) in [6, 6.07) is 16.8. The van der Waals surface area contributed by atoms with Gasteiger partial charge in [-0.05, 0) is 53.1 Å². The number of aryl methyl sites for hydroxylation is 1. The van der Waals surface area contributed by atoms with Crippen molar-refractivity contribution in [1.82, 2.24) is 0 Å². The molecule has 6 nitrogen and oxygen atoms in total. The third-order valence-corrected chi connectivity index (χ3v) is 7.95. The Hall–Kier alpha value is -1.49. The minimum atomic E-state index is -3.98. The Kier molecular flexibility index (Phi) is 8.43. The zero-order valence-corrected chi connectivity index (χ0v) is 20.9. The van der Waals surface area contributed by atoms with Crippen molar-refractivity contribution >= 4 is 37.1 Å². The Morgan fingerprint density at radius 1 is 0.967 bits per heavy atom. The van der Waals surface area contributed by atoms with Gasteiger partial charge in [0, 0.05) is 6.26 Å². The molecular weight excluding hydrogens is 453 g/mol. The number of nitrogens with zero attached hydrogens (tertiary/aromatic N) is 1. The topological polar surface area (TPSA) is 99.4 Å². The first-order valence-electron chi connectivity index (χ1n) is 8.59. The number of amides is 1. The van der Waals surface area contributed by atoms with Gasteiger partial charge in [-0.3, -0.25) is 0 Å². The molecule has 0 radical (unpaired) electrons. The number of sulfone groups is 1. The summed E-state index contributed by atoms with van der Waals surface area (Å²) in [5.74, 6) is -0.724. The third kappa shape index (κ3) is 6.26. The van der Waals surface area contributed by atoms with Gasteiger partial charge in [0.2, 0.25) is 0 Å². The van der Waals surface area contributed by atoms with Crippen LogP contribution in [0, 0.1) is 0 Å². The molecule has 0 unspecified atom stereocenters. The fourth-order valence-electron chi connectivity index (χ4n) is 2.79. The van der Waals surface area contributed by atoms with E-state index in [1.54, 1.807) is 29.6 Å². The summed E-state index contributed by atoms with van der Waals surface area (Å²) >= 11 is 1.01. The average molecular weight is 472 g/mol. The molecule has 1 amide bonds. The zero-order valence-electron chi connectivity index (χ0n) is 16.5. The van der Waals surface area contributed by atoms with Gasteiger partial charge in [0.15, 0.2) is 9.84 Å². The van der Waals surface area contributed by atoms with Gasteiger partial charge in [0.05, 0.1) is 10.8 Å². The van der Waals surface area contributed by atoms with Crippen LogP contribution in [-0.2, 0) is 31.1 Å². The monoisotopic (exact) mass is 471 g/mol. The van der Waals surface area contributed by atoms with E-state index < -0.39 is 25.8 Å². The van der Waals surface area contributed by atoms with Crippen molar-refractivity contribution in [3.8, 4) is 11.1 Å². The van der Waals surface area contributed by atoms with E-state index in [0.717, 1.165) is 28.7 Å². The van der Waals surface area contributed by atoms with Crippen LogP contribution in [0.4, 0.5) is 0 Å². The van der Waals surface area contributed by atoms with Crippen molar-refractivity contribution in [2.45, 2.75) is 21.9 Å². The van der Waals surface area contributed by atoms with Gasteiger partial charge in [-0.25, -0.2) is 16.8 Å². The van der Waals surface area contributed by atoms with Gasteiger partial charge >= 0.3 is 29.6 Å². The van der Waals surface area contributed by atoms with E-state index in [2.05, 4.69) is 4.72 Å². The molecule has 3 aromatic rings. The van der Waals surface area contributed by atoms with Crippen molar-refractivity contribution in [3.05, 3.63) is 76.3 Å². The largest absolute Gasteiger partial charge is 1.00 e. The third-order valence-electron chi connectivity index (χ3n) is 4.17. The van der Waals surface area contributed by atoms with Crippen LogP contribution in [0.15, 0.2) is 75.1 Å². The van der Waals surface area contributed by atoms with E-state index in [0.29, 0.717) is 5.56 Å². The Morgan fingerprint density at radius 2 is 1.70 bits per heavy atom. The maximum atomic E-state index is 12.1. The molecule has 0 saturated carbocycles. The van der Waals surface area contributed by atoms with Crippen molar-refractivity contribution in [1.29, 1.82) is 0 Å². The number of benzene rings is 2. The Morgan fingerprint density at radius 3 is 2.37 bits per heavy atom. The van der Waals surface area contributed by atoms with Crippen LogP contribution >= 0.6 is 11.3 Å². The predicted molar refractivity (Wildman–Crippen MR) is 113 cm³/mol. The molecule has 0 N–H and O–H groups in total. The van der Waals surface area contributed by atoms with Crippen LogP contribution in [0.5, 0.6) is 0 Å². The SMILES string of the molecule is CS(=O)(=O)c1cccc(-c2ccccc2CCC(=O)[N-]S(=O)(=O)c2cccs2)c1.[Na+]. The van der Waals surface area contributed by atoms with Gasteiger partial charge in [0.25, 0.3) is 0 Å². The summed E-state index contributed by atoms with van der Waals surface area (Å²) in [6.45, 7) is 0. The van der Waals surface area contributed by atoms with E-state index in [4.69, 9.17) is 0 Å². The van der Waals surface area contributed by atoms with Gasteiger partial charge in [-0.15, -0.1) is 11.3 Å². The molecule has 0 aliphatic carbocycles. The smallest absolute Gasteiger partial charge is 0.541 e. The molecular formula is C20H18NNaO5S3. The summed E-state index contributed by atoms with van der Waals surface area (Å²) in [6.07, 6.45) is 1.35. The number of hydrogen-bond donors (Lipinski definition) is 0. The van der Waals surface area contributed by atoms with Crippen molar-refractivity contribution < 1.29 is 51.2 Å². The van der Waals surface area contributed by atoms with Crippen LogP contribution in [-0.4, -0.2) is 29.0 Å². The molecule has 152 valence electrons.